The summed E-state index contributed by atoms with van der Waals surface area (Å²) in [6.45, 7) is 3.64. The van der Waals surface area contributed by atoms with E-state index in [-0.39, 0.29) is 17.0 Å². The molecule has 0 bridgehead atoms. The molecule has 0 atom stereocenters. The number of amides is 1. The first-order valence-electron chi connectivity index (χ1n) is 8.04. The fourth-order valence-corrected chi connectivity index (χ4v) is 3.59. The smallest absolute Gasteiger partial charge is 0.269 e. The van der Waals surface area contributed by atoms with Gasteiger partial charge in [0.25, 0.3) is 15.9 Å². The normalized spacial score (nSPS) is 11.4. The molecule has 27 heavy (non-hydrogen) atoms. The lowest BCUT2D eigenvalue weighted by atomic mass is 10.2. The van der Waals surface area contributed by atoms with Crippen molar-refractivity contribution in [2.45, 2.75) is 25.3 Å². The number of halogens is 1. The van der Waals surface area contributed by atoms with Gasteiger partial charge in [0, 0.05) is 12.4 Å². The molecule has 0 aliphatic carbocycles. The van der Waals surface area contributed by atoms with E-state index in [0.717, 1.165) is 23.5 Å². The molecule has 0 aliphatic heterocycles. The van der Waals surface area contributed by atoms with Gasteiger partial charge in [-0.1, -0.05) is 17.7 Å². The Labute approximate surface area is 156 Å². The Balaban J connectivity index is 1.80. The maximum atomic E-state index is 14.6. The molecular formula is C18H17FN4O3S. The topological polar surface area (TPSA) is 94.0 Å². The first-order valence-corrected chi connectivity index (χ1v) is 9.48. The van der Waals surface area contributed by atoms with Gasteiger partial charge in [-0.25, -0.2) is 12.4 Å². The summed E-state index contributed by atoms with van der Waals surface area (Å²) in [5, 5.41) is 2.50. The van der Waals surface area contributed by atoms with E-state index in [0.29, 0.717) is 9.67 Å². The van der Waals surface area contributed by atoms with Crippen LogP contribution in [-0.4, -0.2) is 28.3 Å². The Morgan fingerprint density at radius 1 is 1.11 bits per heavy atom. The standard InChI is InChI=1S/C18H17FN4O3S/c1-12-3-5-15(6-4-12)27(25,26)23-8-7-16(17(23)19)18(24)22-11-14-10-20-13(2)9-21-14/h3-10H,11H2,1-2H3,(H,22,24). The van der Waals surface area contributed by atoms with Crippen molar-refractivity contribution < 1.29 is 17.6 Å². The second kappa shape index (κ2) is 7.28. The molecule has 0 fully saturated rings. The molecular weight excluding hydrogens is 371 g/mol. The summed E-state index contributed by atoms with van der Waals surface area (Å²) in [5.41, 5.74) is 1.74. The van der Waals surface area contributed by atoms with Gasteiger partial charge in [-0.2, -0.15) is 4.39 Å². The molecule has 0 unspecified atom stereocenters. The van der Waals surface area contributed by atoms with Gasteiger partial charge in [-0.3, -0.25) is 14.8 Å². The largest absolute Gasteiger partial charge is 0.346 e. The zero-order chi connectivity index (χ0) is 19.6. The molecule has 0 saturated heterocycles. The third kappa shape index (κ3) is 3.87. The number of aryl methyl sites for hydroxylation is 2. The molecule has 1 amide bonds. The van der Waals surface area contributed by atoms with Crippen molar-refractivity contribution in [1.29, 1.82) is 0 Å². The molecule has 0 spiro atoms. The third-order valence-corrected chi connectivity index (χ3v) is 5.55. The molecule has 140 valence electrons. The van der Waals surface area contributed by atoms with Crippen LogP contribution in [0.25, 0.3) is 0 Å². The van der Waals surface area contributed by atoms with Gasteiger partial charge in [0.2, 0.25) is 5.95 Å². The third-order valence-electron chi connectivity index (χ3n) is 3.88. The first-order chi connectivity index (χ1) is 12.8. The quantitative estimate of drug-likeness (QED) is 0.723. The van der Waals surface area contributed by atoms with E-state index < -0.39 is 21.9 Å². The van der Waals surface area contributed by atoms with E-state index in [4.69, 9.17) is 0 Å². The fraction of sp³-hybridized carbons (Fsp3) is 0.167. The van der Waals surface area contributed by atoms with Crippen LogP contribution in [0.4, 0.5) is 4.39 Å². The second-order valence-corrected chi connectivity index (χ2v) is 7.78. The number of benzene rings is 1. The van der Waals surface area contributed by atoms with E-state index in [1.54, 1.807) is 25.3 Å². The summed E-state index contributed by atoms with van der Waals surface area (Å²) in [4.78, 5) is 20.3. The van der Waals surface area contributed by atoms with Gasteiger partial charge in [0.1, 0.15) is 0 Å². The number of nitrogens with zero attached hydrogens (tertiary/aromatic N) is 3. The van der Waals surface area contributed by atoms with E-state index >= 15 is 0 Å². The molecule has 9 heteroatoms. The van der Waals surface area contributed by atoms with Gasteiger partial charge in [-0.15, -0.1) is 0 Å². The summed E-state index contributed by atoms with van der Waals surface area (Å²) in [6, 6.07) is 7.13. The van der Waals surface area contributed by atoms with Crippen molar-refractivity contribution in [1.82, 2.24) is 19.3 Å². The van der Waals surface area contributed by atoms with Crippen molar-refractivity contribution in [3.63, 3.8) is 0 Å². The maximum Gasteiger partial charge on any atom is 0.269 e. The number of hydrogen-bond acceptors (Lipinski definition) is 5. The molecule has 3 aromatic rings. The highest BCUT2D eigenvalue weighted by Gasteiger charge is 2.25. The van der Waals surface area contributed by atoms with Crippen LogP contribution in [0.3, 0.4) is 0 Å². The van der Waals surface area contributed by atoms with Crippen LogP contribution in [0, 0.1) is 19.8 Å². The van der Waals surface area contributed by atoms with E-state index in [2.05, 4.69) is 15.3 Å². The minimum atomic E-state index is -4.13. The van der Waals surface area contributed by atoms with E-state index in [1.807, 2.05) is 6.92 Å². The number of carbonyl (C=O) groups is 1. The predicted octanol–water partition coefficient (Wildman–Crippen LogP) is 2.20. The van der Waals surface area contributed by atoms with Gasteiger partial charge in [-0.05, 0) is 32.0 Å². The maximum absolute atomic E-state index is 14.6. The van der Waals surface area contributed by atoms with Crippen LogP contribution >= 0.6 is 0 Å². The molecule has 0 aliphatic rings. The molecule has 0 radical (unpaired) electrons. The van der Waals surface area contributed by atoms with Crippen molar-refractivity contribution in [3.05, 3.63) is 77.4 Å². The minimum absolute atomic E-state index is 0.0431. The summed E-state index contributed by atoms with van der Waals surface area (Å²) in [7, 11) is -4.13. The molecule has 1 aromatic carbocycles. The molecule has 2 heterocycles. The van der Waals surface area contributed by atoms with Crippen LogP contribution < -0.4 is 5.32 Å². The lowest BCUT2D eigenvalue weighted by Gasteiger charge is -2.08. The average molecular weight is 388 g/mol. The molecule has 7 nitrogen and oxygen atoms in total. The number of hydrogen-bond donors (Lipinski definition) is 1. The SMILES string of the molecule is Cc1ccc(S(=O)(=O)n2ccc(C(=O)NCc3cnc(C)cn3)c2F)cc1. The van der Waals surface area contributed by atoms with Gasteiger partial charge >= 0.3 is 0 Å². The Morgan fingerprint density at radius 3 is 2.44 bits per heavy atom. The molecule has 2 aromatic heterocycles. The van der Waals surface area contributed by atoms with E-state index in [9.17, 15) is 17.6 Å². The fourth-order valence-electron chi connectivity index (χ4n) is 2.35. The number of aromatic nitrogens is 3. The second-order valence-electron chi connectivity index (χ2n) is 5.97. The number of carbonyl (C=O) groups excluding carboxylic acids is 1. The van der Waals surface area contributed by atoms with Gasteiger partial charge in [0.15, 0.2) is 0 Å². The highest BCUT2D eigenvalue weighted by atomic mass is 32.2. The van der Waals surface area contributed by atoms with Crippen molar-refractivity contribution in [2.24, 2.45) is 0 Å². The Hall–Kier alpha value is -3.07. The summed E-state index contributed by atoms with van der Waals surface area (Å²) >= 11 is 0. The zero-order valence-electron chi connectivity index (χ0n) is 14.7. The average Bonchev–Trinajstić information content (AvgIpc) is 3.03. The van der Waals surface area contributed by atoms with E-state index in [1.165, 1.54) is 18.3 Å². The molecule has 1 N–H and O–H groups in total. The lowest BCUT2D eigenvalue weighted by molar-refractivity contribution is 0.0946. The minimum Gasteiger partial charge on any atom is -0.346 e. The number of rotatable bonds is 5. The van der Waals surface area contributed by atoms with Crippen LogP contribution in [0.2, 0.25) is 0 Å². The summed E-state index contributed by atoms with van der Waals surface area (Å²) in [5.74, 6) is -1.89. The van der Waals surface area contributed by atoms with Gasteiger partial charge in [0.05, 0.1) is 34.6 Å². The zero-order valence-corrected chi connectivity index (χ0v) is 15.5. The van der Waals surface area contributed by atoms with Crippen LogP contribution in [0.15, 0.2) is 53.8 Å². The lowest BCUT2D eigenvalue weighted by Crippen LogP contribution is -2.25. The monoisotopic (exact) mass is 388 g/mol. The highest BCUT2D eigenvalue weighted by Crippen LogP contribution is 2.19. The number of nitrogens with one attached hydrogen (secondary N) is 1. The van der Waals surface area contributed by atoms with Crippen LogP contribution in [0.5, 0.6) is 0 Å². The predicted molar refractivity (Wildman–Crippen MR) is 96.1 cm³/mol. The van der Waals surface area contributed by atoms with Crippen molar-refractivity contribution in [2.75, 3.05) is 0 Å². The molecule has 0 saturated carbocycles. The van der Waals surface area contributed by atoms with Crippen molar-refractivity contribution in [3.8, 4) is 0 Å². The summed E-state index contributed by atoms with van der Waals surface area (Å²) < 4.78 is 40.2. The Morgan fingerprint density at radius 2 is 1.81 bits per heavy atom. The van der Waals surface area contributed by atoms with Crippen molar-refractivity contribution >= 4 is 15.9 Å². The van der Waals surface area contributed by atoms with Crippen LogP contribution in [-0.2, 0) is 16.6 Å². The highest BCUT2D eigenvalue weighted by molar-refractivity contribution is 7.90. The Bertz CT molecular complexity index is 1070. The Kier molecular flexibility index (Phi) is 5.04. The molecule has 3 rings (SSSR count). The van der Waals surface area contributed by atoms with Gasteiger partial charge < -0.3 is 5.32 Å². The first kappa shape index (κ1) is 18.7. The summed E-state index contributed by atoms with van der Waals surface area (Å²) in [6.07, 6.45) is 4.07. The van der Waals surface area contributed by atoms with Crippen LogP contribution in [0.1, 0.15) is 27.3 Å².